The number of nitrogens with zero attached hydrogens (tertiary/aromatic N) is 1. The van der Waals surface area contributed by atoms with Crippen molar-refractivity contribution in [2.75, 3.05) is 6.54 Å². The molecule has 1 aromatic carbocycles. The zero-order valence-corrected chi connectivity index (χ0v) is 11.3. The maximum absolute atomic E-state index is 12.8. The lowest BCUT2D eigenvalue weighted by molar-refractivity contribution is -0.121. The van der Waals surface area contributed by atoms with Crippen LogP contribution in [-0.4, -0.2) is 29.2 Å². The van der Waals surface area contributed by atoms with Gasteiger partial charge in [0.05, 0.1) is 6.10 Å². The number of nitrogens with one attached hydrogen (secondary N) is 2. The SMILES string of the molecule is O=C1CCC(C(=O)NCCC(O)c2ccc(F)cc2)=NN1. The molecule has 0 bridgehead atoms. The first kappa shape index (κ1) is 15.1. The van der Waals surface area contributed by atoms with Gasteiger partial charge in [0, 0.05) is 19.4 Å². The molecule has 6 nitrogen and oxygen atoms in total. The van der Waals surface area contributed by atoms with Gasteiger partial charge in [-0.1, -0.05) is 12.1 Å². The number of rotatable bonds is 5. The van der Waals surface area contributed by atoms with Gasteiger partial charge in [0.15, 0.2) is 0 Å². The van der Waals surface area contributed by atoms with Gasteiger partial charge in [0.2, 0.25) is 5.91 Å². The Hall–Kier alpha value is -2.28. The van der Waals surface area contributed by atoms with E-state index in [0.29, 0.717) is 18.4 Å². The summed E-state index contributed by atoms with van der Waals surface area (Å²) < 4.78 is 12.8. The Morgan fingerprint density at radius 3 is 2.71 bits per heavy atom. The summed E-state index contributed by atoms with van der Waals surface area (Å²) in [7, 11) is 0. The molecule has 0 radical (unpaired) electrons. The molecule has 1 aromatic rings. The quantitative estimate of drug-likeness (QED) is 0.743. The van der Waals surface area contributed by atoms with E-state index in [1.807, 2.05) is 0 Å². The van der Waals surface area contributed by atoms with Crippen LogP contribution in [0.2, 0.25) is 0 Å². The molecule has 2 amide bonds. The predicted molar refractivity (Wildman–Crippen MR) is 73.8 cm³/mol. The molecule has 1 unspecified atom stereocenters. The number of aliphatic hydroxyl groups is 1. The van der Waals surface area contributed by atoms with E-state index in [9.17, 15) is 19.1 Å². The van der Waals surface area contributed by atoms with Crippen molar-refractivity contribution in [1.29, 1.82) is 0 Å². The predicted octanol–water partition coefficient (Wildman–Crippen LogP) is 0.631. The Morgan fingerprint density at radius 1 is 1.38 bits per heavy atom. The second-order valence-corrected chi connectivity index (χ2v) is 4.71. The third kappa shape index (κ3) is 4.35. The first-order valence-electron chi connectivity index (χ1n) is 6.63. The van der Waals surface area contributed by atoms with Gasteiger partial charge in [-0.05, 0) is 24.1 Å². The summed E-state index contributed by atoms with van der Waals surface area (Å²) in [6.45, 7) is 0.254. The first-order valence-corrected chi connectivity index (χ1v) is 6.63. The zero-order valence-electron chi connectivity index (χ0n) is 11.3. The number of hydrogen-bond donors (Lipinski definition) is 3. The lowest BCUT2D eigenvalue weighted by atomic mass is 10.1. The van der Waals surface area contributed by atoms with Gasteiger partial charge in [-0.25, -0.2) is 9.82 Å². The second kappa shape index (κ2) is 6.94. The summed E-state index contributed by atoms with van der Waals surface area (Å²) >= 11 is 0. The smallest absolute Gasteiger partial charge is 0.267 e. The fourth-order valence-electron chi connectivity index (χ4n) is 1.91. The molecule has 0 spiro atoms. The van der Waals surface area contributed by atoms with Crippen molar-refractivity contribution in [2.24, 2.45) is 5.10 Å². The van der Waals surface area contributed by atoms with Crippen molar-refractivity contribution >= 4 is 17.5 Å². The van der Waals surface area contributed by atoms with E-state index in [4.69, 9.17) is 0 Å². The van der Waals surface area contributed by atoms with E-state index < -0.39 is 6.10 Å². The Balaban J connectivity index is 1.77. The minimum atomic E-state index is -0.779. The topological polar surface area (TPSA) is 90.8 Å². The van der Waals surface area contributed by atoms with Crippen molar-refractivity contribution in [3.63, 3.8) is 0 Å². The van der Waals surface area contributed by atoms with Crippen LogP contribution in [0.25, 0.3) is 0 Å². The lowest BCUT2D eigenvalue weighted by Gasteiger charge is -2.14. The van der Waals surface area contributed by atoms with Gasteiger partial charge in [-0.2, -0.15) is 5.10 Å². The molecule has 0 saturated carbocycles. The Labute approximate surface area is 121 Å². The van der Waals surface area contributed by atoms with Gasteiger partial charge in [-0.3, -0.25) is 9.59 Å². The van der Waals surface area contributed by atoms with Crippen molar-refractivity contribution < 1.29 is 19.1 Å². The molecule has 1 atom stereocenters. The van der Waals surface area contributed by atoms with Gasteiger partial charge in [0.1, 0.15) is 11.5 Å². The molecule has 0 aromatic heterocycles. The van der Waals surface area contributed by atoms with Crippen molar-refractivity contribution in [3.05, 3.63) is 35.6 Å². The third-order valence-corrected chi connectivity index (χ3v) is 3.12. The summed E-state index contributed by atoms with van der Waals surface area (Å²) in [6.07, 6.45) is 0.0681. The van der Waals surface area contributed by atoms with E-state index >= 15 is 0 Å². The van der Waals surface area contributed by atoms with Crippen LogP contribution in [0.4, 0.5) is 4.39 Å². The largest absolute Gasteiger partial charge is 0.388 e. The standard InChI is InChI=1S/C14H16FN3O3/c15-10-3-1-9(2-4-10)12(19)7-8-16-14(21)11-5-6-13(20)18-17-11/h1-4,12,19H,5-8H2,(H,16,21)(H,18,20). The molecule has 1 heterocycles. The van der Waals surface area contributed by atoms with Crippen LogP contribution in [0, 0.1) is 5.82 Å². The normalized spacial score (nSPS) is 15.9. The average molecular weight is 293 g/mol. The van der Waals surface area contributed by atoms with E-state index in [-0.39, 0.29) is 36.3 Å². The monoisotopic (exact) mass is 293 g/mol. The van der Waals surface area contributed by atoms with E-state index in [1.165, 1.54) is 24.3 Å². The summed E-state index contributed by atoms with van der Waals surface area (Å²) in [5.74, 6) is -0.934. The van der Waals surface area contributed by atoms with Crippen LogP contribution in [0.5, 0.6) is 0 Å². The fourth-order valence-corrected chi connectivity index (χ4v) is 1.91. The van der Waals surface area contributed by atoms with Crippen LogP contribution in [0.3, 0.4) is 0 Å². The number of hydrazone groups is 1. The van der Waals surface area contributed by atoms with Crippen LogP contribution >= 0.6 is 0 Å². The summed E-state index contributed by atoms with van der Waals surface area (Å²) in [5.41, 5.74) is 3.11. The number of carbonyl (C=O) groups excluding carboxylic acids is 2. The van der Waals surface area contributed by atoms with Crippen LogP contribution in [0.15, 0.2) is 29.4 Å². The highest BCUT2D eigenvalue weighted by Crippen LogP contribution is 2.16. The molecule has 0 fully saturated rings. The van der Waals surface area contributed by atoms with Gasteiger partial charge in [0.25, 0.3) is 5.91 Å². The van der Waals surface area contributed by atoms with Crippen LogP contribution in [-0.2, 0) is 9.59 Å². The molecule has 2 rings (SSSR count). The Morgan fingerprint density at radius 2 is 2.10 bits per heavy atom. The number of benzene rings is 1. The highest BCUT2D eigenvalue weighted by atomic mass is 19.1. The first-order chi connectivity index (χ1) is 10.1. The molecule has 21 heavy (non-hydrogen) atoms. The summed E-state index contributed by atoms with van der Waals surface area (Å²) in [6, 6.07) is 5.55. The number of carbonyl (C=O) groups is 2. The van der Waals surface area contributed by atoms with E-state index in [2.05, 4.69) is 15.8 Å². The molecule has 7 heteroatoms. The molecule has 0 aliphatic carbocycles. The maximum Gasteiger partial charge on any atom is 0.267 e. The Bertz CT molecular complexity index is 557. The van der Waals surface area contributed by atoms with E-state index in [0.717, 1.165) is 0 Å². The minimum absolute atomic E-state index is 0.210. The van der Waals surface area contributed by atoms with Gasteiger partial charge >= 0.3 is 0 Å². The van der Waals surface area contributed by atoms with Gasteiger partial charge in [-0.15, -0.1) is 0 Å². The molecular weight excluding hydrogens is 277 g/mol. The van der Waals surface area contributed by atoms with E-state index in [1.54, 1.807) is 0 Å². The zero-order chi connectivity index (χ0) is 15.2. The molecule has 1 aliphatic heterocycles. The highest BCUT2D eigenvalue weighted by molar-refractivity contribution is 6.39. The number of aliphatic hydroxyl groups excluding tert-OH is 1. The average Bonchev–Trinajstić information content (AvgIpc) is 2.48. The molecule has 3 N–H and O–H groups in total. The summed E-state index contributed by atoms with van der Waals surface area (Å²) in [4.78, 5) is 22.6. The molecule has 112 valence electrons. The number of amides is 2. The molecule has 1 aliphatic rings. The van der Waals surface area contributed by atoms with Crippen molar-refractivity contribution in [1.82, 2.24) is 10.7 Å². The van der Waals surface area contributed by atoms with Crippen LogP contribution in [0.1, 0.15) is 30.9 Å². The van der Waals surface area contributed by atoms with Crippen LogP contribution < -0.4 is 10.7 Å². The molecular formula is C14H16FN3O3. The third-order valence-electron chi connectivity index (χ3n) is 3.12. The van der Waals surface area contributed by atoms with Crippen molar-refractivity contribution in [2.45, 2.75) is 25.4 Å². The maximum atomic E-state index is 12.8. The lowest BCUT2D eigenvalue weighted by Crippen LogP contribution is -2.37. The van der Waals surface area contributed by atoms with Crippen molar-refractivity contribution in [3.8, 4) is 0 Å². The number of hydrogen-bond acceptors (Lipinski definition) is 4. The second-order valence-electron chi connectivity index (χ2n) is 4.71. The highest BCUT2D eigenvalue weighted by Gasteiger charge is 2.18. The van der Waals surface area contributed by atoms with Gasteiger partial charge < -0.3 is 10.4 Å². The Kier molecular flexibility index (Phi) is 4.99. The summed E-state index contributed by atoms with van der Waals surface area (Å²) in [5, 5.41) is 16.2. The number of halogens is 1. The molecule has 0 saturated heterocycles. The minimum Gasteiger partial charge on any atom is -0.388 e. The fraction of sp³-hybridized carbons (Fsp3) is 0.357.